The molecule has 1 fully saturated rings. The van der Waals surface area contributed by atoms with Gasteiger partial charge in [-0.3, -0.25) is 0 Å². The third kappa shape index (κ3) is 1.69. The predicted octanol–water partition coefficient (Wildman–Crippen LogP) is 2.10. The van der Waals surface area contributed by atoms with E-state index in [2.05, 4.69) is 24.9 Å². The van der Waals surface area contributed by atoms with E-state index in [4.69, 9.17) is 10.5 Å². The molecule has 16 heavy (non-hydrogen) atoms. The van der Waals surface area contributed by atoms with Crippen molar-refractivity contribution in [2.24, 2.45) is 17.1 Å². The average Bonchev–Trinajstić information content (AvgIpc) is 2.79. The molecule has 0 unspecified atom stereocenters. The Morgan fingerprint density at radius 3 is 2.62 bits per heavy atom. The molecule has 0 amide bonds. The van der Waals surface area contributed by atoms with Crippen LogP contribution in [0.4, 0.5) is 0 Å². The van der Waals surface area contributed by atoms with Crippen LogP contribution in [0.5, 0.6) is 5.88 Å². The van der Waals surface area contributed by atoms with Crippen molar-refractivity contribution in [1.82, 2.24) is 4.98 Å². The molecule has 0 spiro atoms. The molecule has 1 heterocycles. The topological polar surface area (TPSA) is 48.1 Å². The fourth-order valence-corrected chi connectivity index (χ4v) is 2.79. The first-order chi connectivity index (χ1) is 7.50. The fourth-order valence-electron chi connectivity index (χ4n) is 2.79. The van der Waals surface area contributed by atoms with Crippen LogP contribution in [0, 0.1) is 18.3 Å². The molecule has 88 valence electrons. The summed E-state index contributed by atoms with van der Waals surface area (Å²) in [4.78, 5) is 4.31. The number of aryl methyl sites for hydroxylation is 1. The summed E-state index contributed by atoms with van der Waals surface area (Å²) in [5.74, 6) is 1.83. The molecule has 0 saturated heterocycles. The van der Waals surface area contributed by atoms with Gasteiger partial charge in [0.1, 0.15) is 0 Å². The summed E-state index contributed by atoms with van der Waals surface area (Å²) in [6.45, 7) is 7.30. The van der Waals surface area contributed by atoms with Gasteiger partial charge in [-0.2, -0.15) is 0 Å². The van der Waals surface area contributed by atoms with Gasteiger partial charge in [0, 0.05) is 11.8 Å². The molecular formula is C13H20N2O. The van der Waals surface area contributed by atoms with E-state index in [9.17, 15) is 0 Å². The second-order valence-corrected chi connectivity index (χ2v) is 5.23. The number of nitrogens with zero attached hydrogens (tertiary/aromatic N) is 1. The van der Waals surface area contributed by atoms with Gasteiger partial charge >= 0.3 is 0 Å². The van der Waals surface area contributed by atoms with Crippen molar-refractivity contribution in [1.29, 1.82) is 0 Å². The van der Waals surface area contributed by atoms with Crippen LogP contribution in [0.2, 0.25) is 0 Å². The number of nitrogens with two attached hydrogens (primary N) is 1. The van der Waals surface area contributed by atoms with E-state index < -0.39 is 0 Å². The van der Waals surface area contributed by atoms with Crippen molar-refractivity contribution in [3.05, 3.63) is 23.4 Å². The van der Waals surface area contributed by atoms with Gasteiger partial charge in [0.2, 0.25) is 5.88 Å². The molecule has 2 atom stereocenters. The van der Waals surface area contributed by atoms with Crippen LogP contribution in [0.25, 0.3) is 0 Å². The van der Waals surface area contributed by atoms with Crippen molar-refractivity contribution < 1.29 is 4.74 Å². The van der Waals surface area contributed by atoms with Crippen LogP contribution >= 0.6 is 0 Å². The van der Waals surface area contributed by atoms with Crippen molar-refractivity contribution >= 4 is 0 Å². The van der Waals surface area contributed by atoms with Crippen molar-refractivity contribution in [2.75, 3.05) is 13.7 Å². The highest BCUT2D eigenvalue weighted by Gasteiger charge is 2.57. The number of hydrogen-bond acceptors (Lipinski definition) is 3. The smallest absolute Gasteiger partial charge is 0.213 e. The van der Waals surface area contributed by atoms with Crippen LogP contribution < -0.4 is 10.5 Å². The van der Waals surface area contributed by atoms with E-state index in [1.165, 1.54) is 5.56 Å². The fraction of sp³-hybridized carbons (Fsp3) is 0.615. The molecule has 3 nitrogen and oxygen atoms in total. The van der Waals surface area contributed by atoms with Crippen molar-refractivity contribution in [3.63, 3.8) is 0 Å². The zero-order chi connectivity index (χ0) is 11.9. The van der Waals surface area contributed by atoms with Gasteiger partial charge in [0.15, 0.2) is 0 Å². The molecule has 1 saturated carbocycles. The lowest BCUT2D eigenvalue weighted by Gasteiger charge is -2.07. The van der Waals surface area contributed by atoms with Gasteiger partial charge in [-0.25, -0.2) is 4.98 Å². The number of methoxy groups -OCH3 is 1. The molecule has 1 aliphatic rings. The standard InChI is InChI=1S/C13H20N2O/c1-8-5-9(6-11(15-8)16-4)12-10(7-14)13(12,2)3/h5-6,10,12H,7,14H2,1-4H3/t10-,12-/m1/s1. The summed E-state index contributed by atoms with van der Waals surface area (Å²) in [5, 5.41) is 0. The lowest BCUT2D eigenvalue weighted by Crippen LogP contribution is -2.05. The van der Waals surface area contributed by atoms with E-state index in [1.807, 2.05) is 13.0 Å². The van der Waals surface area contributed by atoms with E-state index >= 15 is 0 Å². The minimum atomic E-state index is 0.313. The van der Waals surface area contributed by atoms with Gasteiger partial charge in [-0.05, 0) is 42.3 Å². The monoisotopic (exact) mass is 220 g/mol. The molecule has 1 aromatic heterocycles. The highest BCUT2D eigenvalue weighted by Crippen LogP contribution is 2.63. The van der Waals surface area contributed by atoms with Gasteiger partial charge in [-0.15, -0.1) is 0 Å². The van der Waals surface area contributed by atoms with Crippen molar-refractivity contribution in [2.45, 2.75) is 26.7 Å². The maximum absolute atomic E-state index is 5.80. The highest BCUT2D eigenvalue weighted by atomic mass is 16.5. The van der Waals surface area contributed by atoms with E-state index in [0.29, 0.717) is 23.1 Å². The molecule has 0 aliphatic heterocycles. The maximum Gasteiger partial charge on any atom is 0.213 e. The molecule has 3 heteroatoms. The van der Waals surface area contributed by atoms with E-state index in [-0.39, 0.29) is 0 Å². The normalized spacial score (nSPS) is 26.6. The Hall–Kier alpha value is -1.09. The Balaban J connectivity index is 2.32. The largest absolute Gasteiger partial charge is 0.481 e. The summed E-state index contributed by atoms with van der Waals surface area (Å²) in [6.07, 6.45) is 0. The van der Waals surface area contributed by atoms with Crippen LogP contribution in [-0.4, -0.2) is 18.6 Å². The zero-order valence-electron chi connectivity index (χ0n) is 10.4. The Morgan fingerprint density at radius 2 is 2.12 bits per heavy atom. The Bertz CT molecular complexity index is 401. The number of hydrogen-bond donors (Lipinski definition) is 1. The molecule has 2 N–H and O–H groups in total. The van der Waals surface area contributed by atoms with Crippen LogP contribution in [-0.2, 0) is 0 Å². The molecular weight excluding hydrogens is 200 g/mol. The lowest BCUT2D eigenvalue weighted by atomic mass is 10.0. The van der Waals surface area contributed by atoms with E-state index in [1.54, 1.807) is 7.11 Å². The minimum Gasteiger partial charge on any atom is -0.481 e. The zero-order valence-corrected chi connectivity index (χ0v) is 10.4. The number of rotatable bonds is 3. The van der Waals surface area contributed by atoms with Crippen LogP contribution in [0.15, 0.2) is 12.1 Å². The van der Waals surface area contributed by atoms with Gasteiger partial charge in [-0.1, -0.05) is 13.8 Å². The minimum absolute atomic E-state index is 0.313. The van der Waals surface area contributed by atoms with Crippen LogP contribution in [0.1, 0.15) is 31.0 Å². The number of pyridine rings is 1. The molecule has 2 rings (SSSR count). The second-order valence-electron chi connectivity index (χ2n) is 5.23. The maximum atomic E-state index is 5.80. The molecule has 1 aliphatic carbocycles. The quantitative estimate of drug-likeness (QED) is 0.848. The number of ether oxygens (including phenoxy) is 1. The van der Waals surface area contributed by atoms with Gasteiger partial charge < -0.3 is 10.5 Å². The van der Waals surface area contributed by atoms with Gasteiger partial charge in [0.25, 0.3) is 0 Å². The summed E-state index contributed by atoms with van der Waals surface area (Å²) >= 11 is 0. The summed E-state index contributed by atoms with van der Waals surface area (Å²) in [7, 11) is 1.66. The third-order valence-corrected chi connectivity index (χ3v) is 3.82. The lowest BCUT2D eigenvalue weighted by molar-refractivity contribution is 0.396. The summed E-state index contributed by atoms with van der Waals surface area (Å²) in [6, 6.07) is 4.18. The Morgan fingerprint density at radius 1 is 1.44 bits per heavy atom. The first kappa shape index (κ1) is 11.4. The molecule has 0 radical (unpaired) electrons. The van der Waals surface area contributed by atoms with Crippen molar-refractivity contribution in [3.8, 4) is 5.88 Å². The van der Waals surface area contributed by atoms with Crippen LogP contribution in [0.3, 0.4) is 0 Å². The van der Waals surface area contributed by atoms with Gasteiger partial charge in [0.05, 0.1) is 7.11 Å². The Labute approximate surface area is 97.0 Å². The third-order valence-electron chi connectivity index (χ3n) is 3.82. The second kappa shape index (κ2) is 3.74. The first-order valence-corrected chi connectivity index (χ1v) is 5.73. The van der Waals surface area contributed by atoms with E-state index in [0.717, 1.165) is 12.2 Å². The summed E-state index contributed by atoms with van der Waals surface area (Å²) in [5.41, 5.74) is 8.43. The first-order valence-electron chi connectivity index (χ1n) is 5.73. The SMILES string of the molecule is COc1cc([C@@H]2[C@@H](CN)C2(C)C)cc(C)n1. The number of aromatic nitrogens is 1. The highest BCUT2D eigenvalue weighted by molar-refractivity contribution is 5.35. The predicted molar refractivity (Wildman–Crippen MR) is 64.6 cm³/mol. The summed E-state index contributed by atoms with van der Waals surface area (Å²) < 4.78 is 5.21. The molecule has 0 bridgehead atoms. The molecule has 0 aromatic carbocycles. The Kier molecular flexibility index (Phi) is 2.66. The molecule has 1 aromatic rings. The average molecular weight is 220 g/mol.